The summed E-state index contributed by atoms with van der Waals surface area (Å²) in [4.78, 5) is 11.6. The third kappa shape index (κ3) is 6.32. The summed E-state index contributed by atoms with van der Waals surface area (Å²) in [6.07, 6.45) is 10.5. The number of rotatable bonds is 4. The molecule has 0 amide bonds. The molecule has 0 unspecified atom stereocenters. The van der Waals surface area contributed by atoms with Gasteiger partial charge in [-0.2, -0.15) is 13.2 Å². The fraction of sp³-hybridized carbons (Fsp3) is 0.304. The van der Waals surface area contributed by atoms with Gasteiger partial charge in [0, 0.05) is 60.7 Å². The van der Waals surface area contributed by atoms with Gasteiger partial charge in [-0.25, -0.2) is 9.29 Å². The summed E-state index contributed by atoms with van der Waals surface area (Å²) in [7, 11) is 0. The number of anilines is 1. The molecule has 1 aliphatic heterocycles. The number of alkyl halides is 3. The lowest BCUT2D eigenvalue weighted by molar-refractivity contribution is -0.0361. The summed E-state index contributed by atoms with van der Waals surface area (Å²) >= 11 is 12.6. The van der Waals surface area contributed by atoms with Crippen molar-refractivity contribution >= 4 is 46.5 Å². The van der Waals surface area contributed by atoms with Crippen LogP contribution >= 0.6 is 35.1 Å². The summed E-state index contributed by atoms with van der Waals surface area (Å²) in [6, 6.07) is 7.40. The van der Waals surface area contributed by atoms with E-state index >= 15 is 0 Å². The van der Waals surface area contributed by atoms with Crippen molar-refractivity contribution in [2.45, 2.75) is 18.3 Å². The molecule has 10 heteroatoms. The summed E-state index contributed by atoms with van der Waals surface area (Å²) in [5.41, 5.74) is -1.42. The Kier molecular flexibility index (Phi) is 7.69. The number of allylic oxidation sites excluding steroid dienone is 6. The molecule has 1 fully saturated rings. The molecule has 0 atom stereocenters. The molecule has 33 heavy (non-hydrogen) atoms. The van der Waals surface area contributed by atoms with Crippen molar-refractivity contribution in [3.05, 3.63) is 70.5 Å². The van der Waals surface area contributed by atoms with Gasteiger partial charge in [0.2, 0.25) is 0 Å². The maximum absolute atomic E-state index is 12.8. The minimum atomic E-state index is -4.29. The number of nitrogens with zero attached hydrogens (tertiary/aromatic N) is 4. The molecule has 2 aliphatic rings. The number of hydrogen-bond acceptors (Lipinski definition) is 5. The quantitative estimate of drug-likeness (QED) is 0.414. The zero-order valence-electron chi connectivity index (χ0n) is 17.5. The maximum Gasteiger partial charge on any atom is 0.456 e. The smallest absolute Gasteiger partial charge is 0.354 e. The van der Waals surface area contributed by atoms with Gasteiger partial charge < -0.3 is 4.90 Å². The first kappa shape index (κ1) is 24.1. The molecule has 1 aromatic carbocycles. The second-order valence-corrected chi connectivity index (χ2v) is 9.61. The van der Waals surface area contributed by atoms with Gasteiger partial charge in [0.15, 0.2) is 0 Å². The summed E-state index contributed by atoms with van der Waals surface area (Å²) in [5.74, 6) is 0.610. The molecule has 1 saturated heterocycles. The fourth-order valence-corrected chi connectivity index (χ4v) is 4.77. The van der Waals surface area contributed by atoms with E-state index in [4.69, 9.17) is 33.2 Å². The van der Waals surface area contributed by atoms with E-state index in [9.17, 15) is 13.2 Å². The number of aromatic nitrogens is 2. The molecule has 2 aromatic rings. The van der Waals surface area contributed by atoms with Crippen molar-refractivity contribution in [3.63, 3.8) is 0 Å². The Hall–Kier alpha value is -2.00. The summed E-state index contributed by atoms with van der Waals surface area (Å²) in [5, 5.41) is 1.26. The van der Waals surface area contributed by atoms with Crippen LogP contribution in [0.4, 0.5) is 19.0 Å². The molecule has 1 aromatic heterocycles. The van der Waals surface area contributed by atoms with E-state index in [1.165, 1.54) is 4.31 Å². The van der Waals surface area contributed by atoms with Gasteiger partial charge in [-0.3, -0.25) is 4.98 Å². The van der Waals surface area contributed by atoms with E-state index in [1.54, 1.807) is 12.3 Å². The molecular weight excluding hydrogens is 492 g/mol. The minimum Gasteiger partial charge on any atom is -0.354 e. The van der Waals surface area contributed by atoms with Crippen molar-refractivity contribution < 1.29 is 13.2 Å². The lowest BCUT2D eigenvalue weighted by Crippen LogP contribution is -2.30. The first-order valence-corrected chi connectivity index (χ1v) is 11.9. The Balaban J connectivity index is 1.69. The lowest BCUT2D eigenvalue weighted by Gasteiger charge is -2.23. The van der Waals surface area contributed by atoms with Gasteiger partial charge in [0.1, 0.15) is 11.5 Å². The predicted molar refractivity (Wildman–Crippen MR) is 130 cm³/mol. The lowest BCUT2D eigenvalue weighted by atomic mass is 10.0. The van der Waals surface area contributed by atoms with E-state index in [1.807, 2.05) is 47.4 Å². The number of halogens is 5. The highest BCUT2D eigenvalue weighted by molar-refractivity contribution is 7.97. The van der Waals surface area contributed by atoms with Gasteiger partial charge in [-0.15, -0.1) is 0 Å². The van der Waals surface area contributed by atoms with Crippen molar-refractivity contribution in [3.8, 4) is 11.3 Å². The molecule has 0 N–H and O–H groups in total. The second-order valence-electron chi connectivity index (χ2n) is 7.55. The zero-order chi connectivity index (χ0) is 23.4. The van der Waals surface area contributed by atoms with Gasteiger partial charge >= 0.3 is 5.51 Å². The Morgan fingerprint density at radius 2 is 1.79 bits per heavy atom. The predicted octanol–water partition coefficient (Wildman–Crippen LogP) is 6.94. The zero-order valence-corrected chi connectivity index (χ0v) is 19.9. The molecule has 4 rings (SSSR count). The van der Waals surface area contributed by atoms with Gasteiger partial charge in [0.05, 0.1) is 16.9 Å². The first-order chi connectivity index (χ1) is 15.8. The molecule has 1 aliphatic carbocycles. The molecular formula is C23H21Cl2F3N4S. The Labute approximate surface area is 204 Å². The third-order valence-electron chi connectivity index (χ3n) is 5.23. The van der Waals surface area contributed by atoms with Gasteiger partial charge in [-0.1, -0.05) is 59.6 Å². The van der Waals surface area contributed by atoms with Crippen LogP contribution in [0.5, 0.6) is 0 Å². The second kappa shape index (κ2) is 10.5. The van der Waals surface area contributed by atoms with Gasteiger partial charge in [0.25, 0.3) is 0 Å². The largest absolute Gasteiger partial charge is 0.456 e. The van der Waals surface area contributed by atoms with Crippen LogP contribution in [0.1, 0.15) is 18.5 Å². The van der Waals surface area contributed by atoms with Crippen molar-refractivity contribution in [1.29, 1.82) is 0 Å². The average molecular weight is 513 g/mol. The highest BCUT2D eigenvalue weighted by Gasteiger charge is 2.33. The first-order valence-electron chi connectivity index (χ1n) is 10.4. The van der Waals surface area contributed by atoms with E-state index in [2.05, 4.69) is 0 Å². The Morgan fingerprint density at radius 1 is 0.970 bits per heavy atom. The highest BCUT2D eigenvalue weighted by atomic mass is 35.5. The van der Waals surface area contributed by atoms with E-state index in [0.29, 0.717) is 54.7 Å². The van der Waals surface area contributed by atoms with Crippen molar-refractivity contribution in [2.75, 3.05) is 31.1 Å². The summed E-state index contributed by atoms with van der Waals surface area (Å²) in [6.45, 7) is 1.63. The van der Waals surface area contributed by atoms with Crippen LogP contribution in [0.3, 0.4) is 0 Å². The van der Waals surface area contributed by atoms with E-state index < -0.39 is 5.51 Å². The topological polar surface area (TPSA) is 32.3 Å². The van der Waals surface area contributed by atoms with Crippen LogP contribution in [-0.4, -0.2) is 46.0 Å². The van der Waals surface area contributed by atoms with E-state index in [-0.39, 0.29) is 18.5 Å². The SMILES string of the molecule is FC(F)(F)SN1CCCN(c2cnc(C3=CC=C(Cl)CC=C3)c(-c3ccccc3Cl)n2)CC1. The molecule has 0 radical (unpaired) electrons. The molecule has 174 valence electrons. The van der Waals surface area contributed by atoms with Crippen LogP contribution in [0, 0.1) is 0 Å². The normalized spacial score (nSPS) is 17.9. The van der Waals surface area contributed by atoms with Crippen LogP contribution < -0.4 is 4.90 Å². The highest BCUT2D eigenvalue weighted by Crippen LogP contribution is 2.36. The van der Waals surface area contributed by atoms with Gasteiger partial charge in [-0.05, 0) is 18.6 Å². The van der Waals surface area contributed by atoms with Crippen LogP contribution in [0.25, 0.3) is 16.8 Å². The number of hydrogen-bond donors (Lipinski definition) is 0. The Bertz CT molecular complexity index is 1100. The fourth-order valence-electron chi connectivity index (χ4n) is 3.71. The average Bonchev–Trinajstić information content (AvgIpc) is 3.13. The monoisotopic (exact) mass is 512 g/mol. The van der Waals surface area contributed by atoms with Crippen LogP contribution in [0.2, 0.25) is 5.02 Å². The third-order valence-corrected chi connectivity index (χ3v) is 6.67. The summed E-state index contributed by atoms with van der Waals surface area (Å²) < 4.78 is 39.7. The molecule has 0 spiro atoms. The minimum absolute atomic E-state index is 0.0645. The molecule has 2 heterocycles. The van der Waals surface area contributed by atoms with E-state index in [0.717, 1.165) is 16.2 Å². The molecule has 4 nitrogen and oxygen atoms in total. The van der Waals surface area contributed by atoms with Crippen molar-refractivity contribution in [1.82, 2.24) is 14.3 Å². The molecule has 0 bridgehead atoms. The Morgan fingerprint density at radius 3 is 2.58 bits per heavy atom. The molecule has 0 saturated carbocycles. The van der Waals surface area contributed by atoms with Crippen molar-refractivity contribution in [2.24, 2.45) is 0 Å². The van der Waals surface area contributed by atoms with Crippen LogP contribution in [-0.2, 0) is 0 Å². The standard InChI is InChI=1S/C23H21Cl2F3N4S/c24-17-6-3-5-16(9-10-17)21-22(18-7-1-2-8-19(18)25)30-20(15-29-21)31-11-4-12-32(14-13-31)33-23(26,27)28/h1-3,5,7-10,15H,4,6,11-14H2. The maximum atomic E-state index is 12.8. The number of benzene rings is 1. The van der Waals surface area contributed by atoms with Crippen LogP contribution in [0.15, 0.2) is 59.8 Å².